The van der Waals surface area contributed by atoms with Crippen LogP contribution in [0.25, 0.3) is 0 Å². The molecule has 4 heteroatoms. The van der Waals surface area contributed by atoms with Gasteiger partial charge in [-0.15, -0.1) is 0 Å². The highest BCUT2D eigenvalue weighted by Gasteiger charge is 2.20. The van der Waals surface area contributed by atoms with Gasteiger partial charge in [-0.05, 0) is 12.3 Å². The maximum absolute atomic E-state index is 11.7. The van der Waals surface area contributed by atoms with Crippen molar-refractivity contribution in [3.63, 3.8) is 0 Å². The maximum atomic E-state index is 11.7. The van der Waals surface area contributed by atoms with Gasteiger partial charge in [-0.1, -0.05) is 25.7 Å². The summed E-state index contributed by atoms with van der Waals surface area (Å²) >= 11 is 0. The molecule has 0 aliphatic carbocycles. The molecule has 1 aliphatic heterocycles. The van der Waals surface area contributed by atoms with Crippen LogP contribution in [0.2, 0.25) is 25.7 Å². The first kappa shape index (κ1) is 11.5. The minimum absolute atomic E-state index is 0.0624. The first-order valence-corrected chi connectivity index (χ1v) is 8.86. The summed E-state index contributed by atoms with van der Waals surface area (Å²) < 4.78 is 0. The van der Waals surface area contributed by atoms with E-state index < -0.39 is 8.07 Å². The summed E-state index contributed by atoms with van der Waals surface area (Å²) in [4.78, 5) is 11.7. The number of nitrogens with one attached hydrogen (secondary N) is 2. The zero-order chi connectivity index (χ0) is 10.6. The van der Waals surface area contributed by atoms with Crippen molar-refractivity contribution in [2.24, 2.45) is 0 Å². The second-order valence-corrected chi connectivity index (χ2v) is 10.6. The Labute approximate surface area is 87.0 Å². The molecule has 0 fully saturated rings. The number of carbonyl (C=O) groups is 1. The van der Waals surface area contributed by atoms with Crippen molar-refractivity contribution >= 4 is 13.9 Å². The fourth-order valence-electron chi connectivity index (χ4n) is 1.33. The molecule has 1 aliphatic rings. The fraction of sp³-hybridized carbons (Fsp3) is 0.700. The molecular weight excluding hydrogens is 192 g/mol. The van der Waals surface area contributed by atoms with Crippen molar-refractivity contribution in [2.45, 2.75) is 38.1 Å². The molecule has 0 radical (unpaired) electrons. The molecule has 0 aromatic heterocycles. The van der Waals surface area contributed by atoms with E-state index in [0.717, 1.165) is 12.5 Å². The van der Waals surface area contributed by atoms with Crippen molar-refractivity contribution < 1.29 is 4.79 Å². The Balaban J connectivity index is 2.34. The zero-order valence-electron chi connectivity index (χ0n) is 9.26. The van der Waals surface area contributed by atoms with Gasteiger partial charge < -0.3 is 5.32 Å². The summed E-state index contributed by atoms with van der Waals surface area (Å²) in [6.45, 7) is 7.59. The third kappa shape index (κ3) is 4.06. The molecule has 0 aromatic carbocycles. The zero-order valence-corrected chi connectivity index (χ0v) is 10.3. The van der Waals surface area contributed by atoms with Gasteiger partial charge in [0.1, 0.15) is 0 Å². The molecule has 0 bridgehead atoms. The van der Waals surface area contributed by atoms with Crippen LogP contribution in [-0.4, -0.2) is 26.6 Å². The lowest BCUT2D eigenvalue weighted by Crippen LogP contribution is -2.43. The summed E-state index contributed by atoms with van der Waals surface area (Å²) in [7, 11) is -1.07. The molecule has 1 rings (SSSR count). The van der Waals surface area contributed by atoms with Crippen molar-refractivity contribution in [3.05, 3.63) is 12.3 Å². The maximum Gasteiger partial charge on any atom is 0.153 e. The average Bonchev–Trinajstić information content (AvgIpc) is 2.14. The van der Waals surface area contributed by atoms with Crippen LogP contribution in [0.15, 0.2) is 12.3 Å². The lowest BCUT2D eigenvalue weighted by atomic mass is 10.1. The second-order valence-electron chi connectivity index (χ2n) is 4.95. The molecule has 0 unspecified atom stereocenters. The second kappa shape index (κ2) is 4.75. The van der Waals surface area contributed by atoms with Crippen molar-refractivity contribution in [1.82, 2.24) is 10.6 Å². The normalized spacial score (nSPS) is 21.8. The minimum Gasteiger partial charge on any atom is -0.379 e. The van der Waals surface area contributed by atoms with Gasteiger partial charge in [0.05, 0.1) is 12.7 Å². The highest BCUT2D eigenvalue weighted by Crippen LogP contribution is 2.12. The van der Waals surface area contributed by atoms with E-state index in [4.69, 9.17) is 0 Å². The van der Waals surface area contributed by atoms with Gasteiger partial charge in [-0.25, -0.2) is 0 Å². The van der Waals surface area contributed by atoms with Crippen LogP contribution in [-0.2, 0) is 4.79 Å². The summed E-state index contributed by atoms with van der Waals surface area (Å²) in [6, 6.07) is 1.03. The van der Waals surface area contributed by atoms with Crippen LogP contribution < -0.4 is 10.6 Å². The summed E-state index contributed by atoms with van der Waals surface area (Å²) in [5.41, 5.74) is 0. The van der Waals surface area contributed by atoms with E-state index in [-0.39, 0.29) is 6.04 Å². The van der Waals surface area contributed by atoms with Gasteiger partial charge in [0.15, 0.2) is 5.78 Å². The molecule has 0 amide bonds. The van der Waals surface area contributed by atoms with Crippen molar-refractivity contribution in [3.8, 4) is 0 Å². The van der Waals surface area contributed by atoms with E-state index >= 15 is 0 Å². The molecular formula is C10H20N2OSi. The summed E-state index contributed by atoms with van der Waals surface area (Å²) in [6.07, 6.45) is 4.47. The molecule has 2 N–H and O–H groups in total. The third-order valence-corrected chi connectivity index (χ3v) is 4.05. The van der Waals surface area contributed by atoms with E-state index in [1.165, 1.54) is 0 Å². The standard InChI is InChI=1S/C10H20N2OSi/c1-14(2,3)7-5-10(13)9-4-6-11-8-12-9/h4,6,9,11-12H,5,7-8H2,1-3H3/t9-/m0/s1. The topological polar surface area (TPSA) is 41.1 Å². The Hall–Kier alpha value is -0.613. The molecule has 0 saturated heterocycles. The predicted octanol–water partition coefficient (Wildman–Crippen LogP) is 1.32. The largest absolute Gasteiger partial charge is 0.379 e. The quantitative estimate of drug-likeness (QED) is 0.691. The molecule has 80 valence electrons. The van der Waals surface area contributed by atoms with Gasteiger partial charge >= 0.3 is 0 Å². The average molecular weight is 212 g/mol. The molecule has 1 heterocycles. The van der Waals surface area contributed by atoms with Crippen molar-refractivity contribution in [1.29, 1.82) is 0 Å². The number of hydrogen-bond donors (Lipinski definition) is 2. The Morgan fingerprint density at radius 3 is 2.71 bits per heavy atom. The van der Waals surface area contributed by atoms with E-state index in [9.17, 15) is 4.79 Å². The minimum atomic E-state index is -1.07. The number of hydrogen-bond acceptors (Lipinski definition) is 3. The van der Waals surface area contributed by atoms with Crippen LogP contribution in [0.5, 0.6) is 0 Å². The third-order valence-electron chi connectivity index (χ3n) is 2.30. The number of carbonyl (C=O) groups excluding carboxylic acids is 1. The van der Waals surface area contributed by atoms with Crippen LogP contribution in [0.3, 0.4) is 0 Å². The predicted molar refractivity (Wildman–Crippen MR) is 61.8 cm³/mol. The van der Waals surface area contributed by atoms with Gasteiger partial charge in [0.2, 0.25) is 0 Å². The first-order valence-electron chi connectivity index (χ1n) is 5.15. The Morgan fingerprint density at radius 2 is 2.21 bits per heavy atom. The van der Waals surface area contributed by atoms with E-state index in [1.807, 2.05) is 12.3 Å². The summed E-state index contributed by atoms with van der Waals surface area (Å²) in [5, 5.41) is 6.13. The molecule has 0 spiro atoms. The highest BCUT2D eigenvalue weighted by atomic mass is 28.3. The monoisotopic (exact) mass is 212 g/mol. The van der Waals surface area contributed by atoms with Crippen LogP contribution in [0.4, 0.5) is 0 Å². The Kier molecular flexibility index (Phi) is 3.89. The van der Waals surface area contributed by atoms with E-state index in [2.05, 4.69) is 30.3 Å². The number of rotatable bonds is 4. The number of Topliss-reactive ketones (excluding diaryl/α,β-unsaturated/α-hetero) is 1. The SMILES string of the molecule is C[Si](C)(C)CCC(=O)[C@@H]1C=CNCN1. The van der Waals surface area contributed by atoms with Crippen LogP contribution in [0.1, 0.15) is 6.42 Å². The van der Waals surface area contributed by atoms with E-state index in [0.29, 0.717) is 12.5 Å². The fourth-order valence-corrected chi connectivity index (χ4v) is 2.33. The van der Waals surface area contributed by atoms with Gasteiger partial charge in [-0.3, -0.25) is 10.1 Å². The lowest BCUT2D eigenvalue weighted by molar-refractivity contribution is -0.119. The number of ketones is 1. The summed E-state index contributed by atoms with van der Waals surface area (Å²) in [5.74, 6) is 0.324. The van der Waals surface area contributed by atoms with Crippen molar-refractivity contribution in [2.75, 3.05) is 6.67 Å². The molecule has 3 nitrogen and oxygen atoms in total. The highest BCUT2D eigenvalue weighted by molar-refractivity contribution is 6.76. The molecule has 0 saturated carbocycles. The lowest BCUT2D eigenvalue weighted by Gasteiger charge is -2.20. The molecule has 14 heavy (non-hydrogen) atoms. The van der Waals surface area contributed by atoms with Crippen LogP contribution in [0, 0.1) is 0 Å². The Morgan fingerprint density at radius 1 is 1.50 bits per heavy atom. The first-order chi connectivity index (χ1) is 6.49. The van der Waals surface area contributed by atoms with Gasteiger partial charge in [-0.2, -0.15) is 0 Å². The van der Waals surface area contributed by atoms with Gasteiger partial charge in [0.25, 0.3) is 0 Å². The van der Waals surface area contributed by atoms with Crippen LogP contribution >= 0.6 is 0 Å². The smallest absolute Gasteiger partial charge is 0.153 e. The van der Waals surface area contributed by atoms with Gasteiger partial charge in [0, 0.05) is 14.5 Å². The molecule has 1 atom stereocenters. The molecule has 0 aromatic rings. The Bertz CT molecular complexity index is 233. The van der Waals surface area contributed by atoms with E-state index in [1.54, 1.807) is 0 Å².